The van der Waals surface area contributed by atoms with E-state index < -0.39 is 11.6 Å². The monoisotopic (exact) mass is 246 g/mol. The summed E-state index contributed by atoms with van der Waals surface area (Å²) in [4.78, 5) is 0. The fourth-order valence-electron chi connectivity index (χ4n) is 1.57. The lowest BCUT2D eigenvalue weighted by molar-refractivity contribution is 0.507. The van der Waals surface area contributed by atoms with Crippen LogP contribution in [0.2, 0.25) is 0 Å². The van der Waals surface area contributed by atoms with Gasteiger partial charge in [0.05, 0.1) is 0 Å². The highest BCUT2D eigenvalue weighted by atomic mass is 79.9. The summed E-state index contributed by atoms with van der Waals surface area (Å²) in [6.07, 6.45) is 1.08. The lowest BCUT2D eigenvalue weighted by Crippen LogP contribution is -1.89. The fraction of sp³-hybridized carbons (Fsp3) is 0.400. The van der Waals surface area contributed by atoms with Gasteiger partial charge in [0.2, 0.25) is 0 Å². The molecule has 2 atom stereocenters. The van der Waals surface area contributed by atoms with E-state index in [1.54, 1.807) is 6.07 Å². The van der Waals surface area contributed by atoms with Crippen LogP contribution in [-0.2, 0) is 0 Å². The van der Waals surface area contributed by atoms with Crippen molar-refractivity contribution in [3.8, 4) is 0 Å². The Balaban J connectivity index is 2.19. The second-order valence-electron chi connectivity index (χ2n) is 3.43. The van der Waals surface area contributed by atoms with E-state index in [1.807, 2.05) is 0 Å². The van der Waals surface area contributed by atoms with Gasteiger partial charge in [-0.2, -0.15) is 0 Å². The van der Waals surface area contributed by atoms with Gasteiger partial charge in [0.25, 0.3) is 0 Å². The van der Waals surface area contributed by atoms with Crippen molar-refractivity contribution in [2.45, 2.75) is 12.3 Å². The molecule has 13 heavy (non-hydrogen) atoms. The van der Waals surface area contributed by atoms with Crippen LogP contribution >= 0.6 is 15.9 Å². The minimum atomic E-state index is -0.764. The largest absolute Gasteiger partial charge is 0.204 e. The zero-order chi connectivity index (χ0) is 9.42. The summed E-state index contributed by atoms with van der Waals surface area (Å²) in [6.45, 7) is 0. The summed E-state index contributed by atoms with van der Waals surface area (Å²) in [5.41, 5.74) is 0.920. The minimum Gasteiger partial charge on any atom is -0.204 e. The molecule has 70 valence electrons. The molecular formula is C10H9BrF2. The van der Waals surface area contributed by atoms with Crippen molar-refractivity contribution in [1.82, 2.24) is 0 Å². The molecule has 0 nitrogen and oxygen atoms in total. The molecule has 0 bridgehead atoms. The average Bonchev–Trinajstić information content (AvgIpc) is 2.88. The van der Waals surface area contributed by atoms with Gasteiger partial charge in [0.15, 0.2) is 11.6 Å². The Hall–Kier alpha value is -0.440. The minimum absolute atomic E-state index is 0.425. The van der Waals surface area contributed by atoms with Crippen LogP contribution < -0.4 is 0 Å². The van der Waals surface area contributed by atoms with Gasteiger partial charge in [-0.15, -0.1) is 0 Å². The molecule has 1 fully saturated rings. The average molecular weight is 247 g/mol. The normalized spacial score (nSPS) is 26.1. The molecule has 1 aliphatic carbocycles. The van der Waals surface area contributed by atoms with Gasteiger partial charge >= 0.3 is 0 Å². The van der Waals surface area contributed by atoms with Crippen LogP contribution in [0, 0.1) is 17.6 Å². The van der Waals surface area contributed by atoms with Crippen LogP contribution in [0.15, 0.2) is 18.2 Å². The number of benzene rings is 1. The predicted molar refractivity (Wildman–Crippen MR) is 51.0 cm³/mol. The highest BCUT2D eigenvalue weighted by Crippen LogP contribution is 2.48. The molecule has 0 N–H and O–H groups in total. The Labute approximate surface area is 84.1 Å². The van der Waals surface area contributed by atoms with E-state index in [0.29, 0.717) is 11.8 Å². The molecule has 0 aromatic heterocycles. The Kier molecular flexibility index (Phi) is 2.37. The van der Waals surface area contributed by atoms with E-state index in [0.717, 1.165) is 17.3 Å². The van der Waals surface area contributed by atoms with Crippen LogP contribution in [0.3, 0.4) is 0 Å². The highest BCUT2D eigenvalue weighted by molar-refractivity contribution is 9.09. The van der Waals surface area contributed by atoms with Crippen LogP contribution in [0.4, 0.5) is 8.78 Å². The van der Waals surface area contributed by atoms with Gasteiger partial charge in [-0.3, -0.25) is 0 Å². The van der Waals surface area contributed by atoms with Crippen molar-refractivity contribution in [3.63, 3.8) is 0 Å². The van der Waals surface area contributed by atoms with Gasteiger partial charge in [-0.1, -0.05) is 22.0 Å². The molecule has 0 amide bonds. The molecule has 1 aliphatic rings. The number of rotatable bonds is 2. The molecule has 2 unspecified atom stereocenters. The summed E-state index contributed by atoms with van der Waals surface area (Å²) in [5.74, 6) is -0.475. The first-order valence-electron chi connectivity index (χ1n) is 4.23. The molecule has 2 rings (SSSR count). The van der Waals surface area contributed by atoms with E-state index in [2.05, 4.69) is 15.9 Å². The van der Waals surface area contributed by atoms with Crippen LogP contribution in [0.1, 0.15) is 17.9 Å². The predicted octanol–water partition coefficient (Wildman–Crippen LogP) is 3.46. The van der Waals surface area contributed by atoms with Gasteiger partial charge in [-0.25, -0.2) is 8.78 Å². The number of hydrogen-bond donors (Lipinski definition) is 0. The molecule has 0 saturated heterocycles. The standard InChI is InChI=1S/C10H9BrF2/c11-5-7-3-8(7)6-1-2-9(12)10(13)4-6/h1-2,4,7-8H,3,5H2. The number of alkyl halides is 1. The molecule has 0 radical (unpaired) electrons. The van der Waals surface area contributed by atoms with Crippen molar-refractivity contribution in [3.05, 3.63) is 35.4 Å². The zero-order valence-corrected chi connectivity index (χ0v) is 8.52. The van der Waals surface area contributed by atoms with Crippen LogP contribution in [0.5, 0.6) is 0 Å². The summed E-state index contributed by atoms with van der Waals surface area (Å²) >= 11 is 3.38. The third kappa shape index (κ3) is 1.75. The van der Waals surface area contributed by atoms with E-state index in [1.165, 1.54) is 12.1 Å². The van der Waals surface area contributed by atoms with Crippen molar-refractivity contribution >= 4 is 15.9 Å². The smallest absolute Gasteiger partial charge is 0.159 e. The summed E-state index contributed by atoms with van der Waals surface area (Å²) < 4.78 is 25.4. The van der Waals surface area contributed by atoms with Crippen molar-refractivity contribution < 1.29 is 8.78 Å². The Morgan fingerprint density at radius 3 is 2.62 bits per heavy atom. The first-order valence-corrected chi connectivity index (χ1v) is 5.35. The summed E-state index contributed by atoms with van der Waals surface area (Å²) in [6, 6.07) is 4.18. The highest BCUT2D eigenvalue weighted by Gasteiger charge is 2.37. The number of halogens is 3. The maximum atomic E-state index is 12.8. The molecule has 1 aromatic carbocycles. The maximum absolute atomic E-state index is 12.8. The van der Waals surface area contributed by atoms with E-state index in [4.69, 9.17) is 0 Å². The van der Waals surface area contributed by atoms with Crippen molar-refractivity contribution in [1.29, 1.82) is 0 Å². The second-order valence-corrected chi connectivity index (χ2v) is 4.08. The van der Waals surface area contributed by atoms with E-state index in [9.17, 15) is 8.78 Å². The van der Waals surface area contributed by atoms with Crippen LogP contribution in [-0.4, -0.2) is 5.33 Å². The Morgan fingerprint density at radius 2 is 2.08 bits per heavy atom. The molecule has 0 aliphatic heterocycles. The topological polar surface area (TPSA) is 0 Å². The third-order valence-electron chi connectivity index (χ3n) is 2.49. The molecular weight excluding hydrogens is 238 g/mol. The molecule has 1 aromatic rings. The third-order valence-corrected chi connectivity index (χ3v) is 3.32. The Morgan fingerprint density at radius 1 is 1.31 bits per heavy atom. The first-order chi connectivity index (χ1) is 6.22. The van der Waals surface area contributed by atoms with Gasteiger partial charge in [0, 0.05) is 5.33 Å². The Bertz CT molecular complexity index is 325. The molecule has 1 saturated carbocycles. The van der Waals surface area contributed by atoms with Gasteiger partial charge < -0.3 is 0 Å². The SMILES string of the molecule is Fc1ccc(C2CC2CBr)cc1F. The lowest BCUT2D eigenvalue weighted by atomic mass is 10.1. The quantitative estimate of drug-likeness (QED) is 0.702. The lowest BCUT2D eigenvalue weighted by Gasteiger charge is -1.99. The van der Waals surface area contributed by atoms with Crippen molar-refractivity contribution in [2.75, 3.05) is 5.33 Å². The van der Waals surface area contributed by atoms with Crippen molar-refractivity contribution in [2.24, 2.45) is 5.92 Å². The van der Waals surface area contributed by atoms with Crippen LogP contribution in [0.25, 0.3) is 0 Å². The second kappa shape index (κ2) is 3.37. The first kappa shape index (κ1) is 9.13. The van der Waals surface area contributed by atoms with E-state index in [-0.39, 0.29) is 0 Å². The van der Waals surface area contributed by atoms with Gasteiger partial charge in [-0.05, 0) is 36.0 Å². The van der Waals surface area contributed by atoms with Gasteiger partial charge in [0.1, 0.15) is 0 Å². The molecule has 0 heterocycles. The fourth-order valence-corrected chi connectivity index (χ4v) is 2.28. The number of hydrogen-bond acceptors (Lipinski definition) is 0. The summed E-state index contributed by atoms with van der Waals surface area (Å²) in [5, 5.41) is 0.941. The summed E-state index contributed by atoms with van der Waals surface area (Å²) in [7, 11) is 0. The zero-order valence-electron chi connectivity index (χ0n) is 6.93. The van der Waals surface area contributed by atoms with E-state index >= 15 is 0 Å². The maximum Gasteiger partial charge on any atom is 0.159 e. The molecule has 0 spiro atoms. The molecule has 3 heteroatoms.